The van der Waals surface area contributed by atoms with Crippen LogP contribution in [0.15, 0.2) is 18.2 Å². The third kappa shape index (κ3) is 2.22. The number of aromatic amines is 1. The van der Waals surface area contributed by atoms with Crippen molar-refractivity contribution in [3.8, 4) is 0 Å². The fourth-order valence-corrected chi connectivity index (χ4v) is 1.83. The fraction of sp³-hybridized carbons (Fsp3) is 0.333. The summed E-state index contributed by atoms with van der Waals surface area (Å²) in [5, 5.41) is 8.80. The van der Waals surface area contributed by atoms with Crippen molar-refractivity contribution in [3.63, 3.8) is 0 Å². The van der Waals surface area contributed by atoms with Crippen molar-refractivity contribution in [1.29, 1.82) is 0 Å². The number of nitrogens with zero attached hydrogens (tertiary/aromatic N) is 2. The predicted molar refractivity (Wildman–Crippen MR) is 66.4 cm³/mol. The van der Waals surface area contributed by atoms with Crippen molar-refractivity contribution < 1.29 is 9.90 Å². The molecule has 90 valence electrons. The first kappa shape index (κ1) is 11.4. The standard InChI is InChI=1S/C12H15N3O2/c1-3-10-13-8-5-4-6-9(12(8)14-10)15(2)7-11(16)17/h4-6H,3,7H2,1-2H3,(H,13,14)(H,16,17). The molecular formula is C12H15N3O2. The van der Waals surface area contributed by atoms with Gasteiger partial charge in [0, 0.05) is 13.5 Å². The molecular weight excluding hydrogens is 218 g/mol. The van der Waals surface area contributed by atoms with Crippen LogP contribution in [-0.4, -0.2) is 34.6 Å². The Balaban J connectivity index is 2.45. The highest BCUT2D eigenvalue weighted by molar-refractivity contribution is 5.90. The number of aryl methyl sites for hydroxylation is 1. The summed E-state index contributed by atoms with van der Waals surface area (Å²) in [6.45, 7) is 1.99. The number of aromatic nitrogens is 2. The lowest BCUT2D eigenvalue weighted by Gasteiger charge is -2.16. The summed E-state index contributed by atoms with van der Waals surface area (Å²) >= 11 is 0. The number of para-hydroxylation sites is 1. The van der Waals surface area contributed by atoms with Crippen molar-refractivity contribution in [2.24, 2.45) is 0 Å². The maximum Gasteiger partial charge on any atom is 0.323 e. The zero-order valence-electron chi connectivity index (χ0n) is 9.90. The molecule has 0 bridgehead atoms. The molecule has 0 aliphatic rings. The lowest BCUT2D eigenvalue weighted by Crippen LogP contribution is -2.25. The summed E-state index contributed by atoms with van der Waals surface area (Å²) in [5.41, 5.74) is 2.60. The number of rotatable bonds is 4. The Morgan fingerprint density at radius 3 is 2.94 bits per heavy atom. The summed E-state index contributed by atoms with van der Waals surface area (Å²) in [4.78, 5) is 20.1. The van der Waals surface area contributed by atoms with E-state index >= 15 is 0 Å². The van der Waals surface area contributed by atoms with E-state index in [-0.39, 0.29) is 6.54 Å². The van der Waals surface area contributed by atoms with E-state index in [9.17, 15) is 4.79 Å². The second-order valence-corrected chi connectivity index (χ2v) is 3.96. The molecule has 1 aromatic carbocycles. The largest absolute Gasteiger partial charge is 0.480 e. The van der Waals surface area contributed by atoms with Crippen LogP contribution in [0.25, 0.3) is 11.0 Å². The van der Waals surface area contributed by atoms with E-state index in [2.05, 4.69) is 9.97 Å². The Kier molecular flexibility index (Phi) is 2.99. The monoisotopic (exact) mass is 233 g/mol. The number of carboxylic acids is 1. The van der Waals surface area contributed by atoms with Gasteiger partial charge < -0.3 is 15.0 Å². The van der Waals surface area contributed by atoms with Gasteiger partial charge in [-0.3, -0.25) is 4.79 Å². The Morgan fingerprint density at radius 1 is 1.53 bits per heavy atom. The molecule has 0 atom stereocenters. The van der Waals surface area contributed by atoms with Gasteiger partial charge in [0.05, 0.1) is 11.2 Å². The lowest BCUT2D eigenvalue weighted by atomic mass is 10.2. The molecule has 2 rings (SSSR count). The molecule has 2 aromatic rings. The van der Waals surface area contributed by atoms with Crippen LogP contribution >= 0.6 is 0 Å². The number of fused-ring (bicyclic) bond motifs is 1. The van der Waals surface area contributed by atoms with Crippen molar-refractivity contribution in [1.82, 2.24) is 9.97 Å². The van der Waals surface area contributed by atoms with E-state index in [1.165, 1.54) is 0 Å². The predicted octanol–water partition coefficient (Wildman–Crippen LogP) is 1.65. The van der Waals surface area contributed by atoms with E-state index in [0.717, 1.165) is 29.0 Å². The molecule has 0 radical (unpaired) electrons. The van der Waals surface area contributed by atoms with Gasteiger partial charge in [-0.25, -0.2) is 4.98 Å². The van der Waals surface area contributed by atoms with E-state index < -0.39 is 5.97 Å². The molecule has 2 N–H and O–H groups in total. The van der Waals surface area contributed by atoms with Gasteiger partial charge in [-0.2, -0.15) is 0 Å². The number of carboxylic acid groups (broad SMARTS) is 1. The minimum Gasteiger partial charge on any atom is -0.480 e. The number of hydrogen-bond donors (Lipinski definition) is 2. The van der Waals surface area contributed by atoms with Crippen molar-refractivity contribution in [3.05, 3.63) is 24.0 Å². The van der Waals surface area contributed by atoms with Crippen molar-refractivity contribution in [2.75, 3.05) is 18.5 Å². The number of nitrogens with one attached hydrogen (secondary N) is 1. The topological polar surface area (TPSA) is 69.2 Å². The van der Waals surface area contributed by atoms with E-state index in [1.807, 2.05) is 25.1 Å². The maximum atomic E-state index is 10.7. The number of H-pyrrole nitrogens is 1. The van der Waals surface area contributed by atoms with Crippen LogP contribution in [0.2, 0.25) is 0 Å². The summed E-state index contributed by atoms with van der Waals surface area (Å²) < 4.78 is 0. The average Bonchev–Trinajstić information content (AvgIpc) is 2.70. The molecule has 0 aliphatic heterocycles. The molecule has 1 aromatic heterocycles. The third-order valence-corrected chi connectivity index (χ3v) is 2.66. The van der Waals surface area contributed by atoms with E-state index in [4.69, 9.17) is 5.11 Å². The second kappa shape index (κ2) is 4.45. The fourth-order valence-electron chi connectivity index (χ4n) is 1.83. The van der Waals surface area contributed by atoms with E-state index in [1.54, 1.807) is 11.9 Å². The zero-order chi connectivity index (χ0) is 12.4. The van der Waals surface area contributed by atoms with Gasteiger partial charge in [0.2, 0.25) is 0 Å². The lowest BCUT2D eigenvalue weighted by molar-refractivity contribution is -0.135. The molecule has 0 saturated carbocycles. The number of likely N-dealkylation sites (N-methyl/N-ethyl adjacent to an activating group) is 1. The first-order chi connectivity index (χ1) is 8.11. The first-order valence-electron chi connectivity index (χ1n) is 5.52. The van der Waals surface area contributed by atoms with Crippen LogP contribution < -0.4 is 4.90 Å². The van der Waals surface area contributed by atoms with Gasteiger partial charge >= 0.3 is 5.97 Å². The summed E-state index contributed by atoms with van der Waals surface area (Å²) in [6, 6.07) is 5.72. The highest BCUT2D eigenvalue weighted by Gasteiger charge is 2.11. The quantitative estimate of drug-likeness (QED) is 0.842. The van der Waals surface area contributed by atoms with Crippen LogP contribution in [0.3, 0.4) is 0 Å². The minimum absolute atomic E-state index is 0.0343. The zero-order valence-corrected chi connectivity index (χ0v) is 9.90. The Labute approximate surface area is 99.1 Å². The number of carbonyl (C=O) groups is 1. The highest BCUT2D eigenvalue weighted by atomic mass is 16.4. The average molecular weight is 233 g/mol. The number of hydrogen-bond acceptors (Lipinski definition) is 3. The summed E-state index contributed by atoms with van der Waals surface area (Å²) in [6.07, 6.45) is 0.830. The summed E-state index contributed by atoms with van der Waals surface area (Å²) in [7, 11) is 1.75. The third-order valence-electron chi connectivity index (χ3n) is 2.66. The molecule has 5 nitrogen and oxygen atoms in total. The van der Waals surface area contributed by atoms with Crippen LogP contribution in [-0.2, 0) is 11.2 Å². The SMILES string of the molecule is CCc1nc2c(N(C)CC(=O)O)cccc2[nH]1. The smallest absolute Gasteiger partial charge is 0.323 e. The molecule has 5 heteroatoms. The Hall–Kier alpha value is -2.04. The molecule has 0 saturated heterocycles. The maximum absolute atomic E-state index is 10.7. The molecule has 0 spiro atoms. The molecule has 0 amide bonds. The normalized spacial score (nSPS) is 10.7. The van der Waals surface area contributed by atoms with Gasteiger partial charge in [-0.15, -0.1) is 0 Å². The van der Waals surface area contributed by atoms with Crippen LogP contribution in [0, 0.1) is 0 Å². The van der Waals surface area contributed by atoms with Gasteiger partial charge in [-0.05, 0) is 12.1 Å². The minimum atomic E-state index is -0.851. The molecule has 0 fully saturated rings. The van der Waals surface area contributed by atoms with Crippen LogP contribution in [0.4, 0.5) is 5.69 Å². The van der Waals surface area contributed by atoms with Crippen molar-refractivity contribution >= 4 is 22.7 Å². The second-order valence-electron chi connectivity index (χ2n) is 3.96. The first-order valence-corrected chi connectivity index (χ1v) is 5.52. The number of imidazole rings is 1. The van der Waals surface area contributed by atoms with Crippen molar-refractivity contribution in [2.45, 2.75) is 13.3 Å². The summed E-state index contributed by atoms with van der Waals surface area (Å²) in [5.74, 6) is 0.0620. The highest BCUT2D eigenvalue weighted by Crippen LogP contribution is 2.24. The molecule has 0 unspecified atom stereocenters. The van der Waals surface area contributed by atoms with Gasteiger partial charge in [0.1, 0.15) is 17.9 Å². The number of benzene rings is 1. The molecule has 17 heavy (non-hydrogen) atoms. The number of aliphatic carboxylic acids is 1. The number of anilines is 1. The van der Waals surface area contributed by atoms with Gasteiger partial charge in [-0.1, -0.05) is 13.0 Å². The molecule has 0 aliphatic carbocycles. The van der Waals surface area contributed by atoms with Crippen LogP contribution in [0.1, 0.15) is 12.7 Å². The van der Waals surface area contributed by atoms with Crippen LogP contribution in [0.5, 0.6) is 0 Å². The molecule has 1 heterocycles. The Morgan fingerprint density at radius 2 is 2.29 bits per heavy atom. The van der Waals surface area contributed by atoms with E-state index in [0.29, 0.717) is 0 Å². The van der Waals surface area contributed by atoms with Gasteiger partial charge in [0.25, 0.3) is 0 Å². The van der Waals surface area contributed by atoms with Gasteiger partial charge in [0.15, 0.2) is 0 Å². The Bertz CT molecular complexity index is 548.